The topological polar surface area (TPSA) is 61.0 Å². The van der Waals surface area contributed by atoms with Gasteiger partial charge in [-0.2, -0.15) is 0 Å². The molecule has 0 amide bonds. The summed E-state index contributed by atoms with van der Waals surface area (Å²) in [5, 5.41) is 10.1. The predicted molar refractivity (Wildman–Crippen MR) is 42.4 cm³/mol. The highest BCUT2D eigenvalue weighted by atomic mass is 32.2. The Hall–Kier alpha value is -1.04. The predicted octanol–water partition coefficient (Wildman–Crippen LogP) is 1.11. The van der Waals surface area contributed by atoms with E-state index in [9.17, 15) is 10.1 Å². The van der Waals surface area contributed by atoms with Gasteiger partial charge in [-0.25, -0.2) is 0 Å². The molecule has 0 spiro atoms. The van der Waals surface area contributed by atoms with E-state index in [1.807, 2.05) is 6.26 Å². The van der Waals surface area contributed by atoms with Crippen molar-refractivity contribution in [2.45, 2.75) is 5.88 Å². The first-order valence-corrected chi connectivity index (χ1v) is 4.28. The van der Waals surface area contributed by atoms with Gasteiger partial charge in [0, 0.05) is 0 Å². The van der Waals surface area contributed by atoms with Crippen LogP contribution in [0, 0.1) is 10.1 Å². The normalized spacial score (nSPS) is 9.91. The summed E-state index contributed by atoms with van der Waals surface area (Å²) in [4.78, 5) is 13.2. The van der Waals surface area contributed by atoms with E-state index in [4.69, 9.17) is 0 Å². The molecule has 5 nitrogen and oxygen atoms in total. The van der Waals surface area contributed by atoms with E-state index in [0.717, 1.165) is 0 Å². The van der Waals surface area contributed by atoms with Crippen molar-refractivity contribution in [1.29, 1.82) is 0 Å². The smallest absolute Gasteiger partial charge is 0.358 e. The maximum atomic E-state index is 10.1. The summed E-state index contributed by atoms with van der Waals surface area (Å²) in [5.41, 5.74) is 0. The molecule has 0 aliphatic rings. The zero-order valence-corrected chi connectivity index (χ0v) is 6.74. The second kappa shape index (κ2) is 3.38. The van der Waals surface area contributed by atoms with Crippen LogP contribution in [0.4, 0.5) is 5.82 Å². The van der Waals surface area contributed by atoms with Gasteiger partial charge >= 0.3 is 5.82 Å². The second-order valence-corrected chi connectivity index (χ2v) is 2.76. The fraction of sp³-hybridized carbons (Fsp3) is 0.400. The molecule has 1 aromatic rings. The lowest BCUT2D eigenvalue weighted by Gasteiger charge is -1.91. The third kappa shape index (κ3) is 1.94. The Morgan fingerprint density at radius 3 is 3.09 bits per heavy atom. The first kappa shape index (κ1) is 8.06. The Labute approximate surface area is 67.6 Å². The third-order valence-electron chi connectivity index (χ3n) is 1.08. The molecule has 0 saturated carbocycles. The van der Waals surface area contributed by atoms with Crippen LogP contribution in [0.2, 0.25) is 0 Å². The monoisotopic (exact) mass is 173 g/mol. The van der Waals surface area contributed by atoms with Crippen molar-refractivity contribution in [2.24, 2.45) is 0 Å². The van der Waals surface area contributed by atoms with Crippen LogP contribution in [-0.2, 0) is 5.88 Å². The van der Waals surface area contributed by atoms with Crippen LogP contribution >= 0.6 is 11.8 Å². The Kier molecular flexibility index (Phi) is 2.48. The van der Waals surface area contributed by atoms with Crippen LogP contribution < -0.4 is 0 Å². The summed E-state index contributed by atoms with van der Waals surface area (Å²) in [5.74, 6) is 0.597. The molecule has 0 unspecified atom stereocenters. The molecule has 0 aromatic carbocycles. The van der Waals surface area contributed by atoms with Crippen LogP contribution in [0.5, 0.6) is 0 Å². The molecule has 1 aromatic heterocycles. The van der Waals surface area contributed by atoms with Gasteiger partial charge in [0.2, 0.25) is 6.33 Å². The zero-order chi connectivity index (χ0) is 8.27. The van der Waals surface area contributed by atoms with E-state index in [0.29, 0.717) is 5.88 Å². The number of rotatable bonds is 3. The number of thioether (sulfide) groups is 1. The van der Waals surface area contributed by atoms with Crippen LogP contribution in [0.25, 0.3) is 0 Å². The molecule has 0 aliphatic carbocycles. The number of aromatic nitrogens is 2. The highest BCUT2D eigenvalue weighted by molar-refractivity contribution is 7.97. The van der Waals surface area contributed by atoms with Gasteiger partial charge < -0.3 is 14.7 Å². The Morgan fingerprint density at radius 1 is 1.91 bits per heavy atom. The van der Waals surface area contributed by atoms with E-state index < -0.39 is 4.92 Å². The summed E-state index contributed by atoms with van der Waals surface area (Å²) in [7, 11) is 0. The SMILES string of the molecule is CSCn1cnc([N+](=O)[O-])c1. The lowest BCUT2D eigenvalue weighted by molar-refractivity contribution is -0.389. The standard InChI is InChI=1S/C5H7N3O2S/c1-11-4-7-2-5(6-3-7)8(9)10/h2-3H,4H2,1H3. The number of hydrogen-bond donors (Lipinski definition) is 0. The average Bonchev–Trinajstić information content (AvgIpc) is 2.37. The van der Waals surface area contributed by atoms with Crippen molar-refractivity contribution in [1.82, 2.24) is 9.55 Å². The van der Waals surface area contributed by atoms with Gasteiger partial charge in [0.1, 0.15) is 6.20 Å². The van der Waals surface area contributed by atoms with Crippen molar-refractivity contribution in [3.63, 3.8) is 0 Å². The summed E-state index contributed by atoms with van der Waals surface area (Å²) in [6.45, 7) is 0. The van der Waals surface area contributed by atoms with Crippen molar-refractivity contribution < 1.29 is 4.92 Å². The minimum absolute atomic E-state index is 0.0981. The van der Waals surface area contributed by atoms with Crippen LogP contribution in [0.15, 0.2) is 12.5 Å². The summed E-state index contributed by atoms with van der Waals surface area (Å²) in [6.07, 6.45) is 4.79. The molecule has 0 N–H and O–H groups in total. The number of nitro groups is 1. The van der Waals surface area contributed by atoms with Gasteiger partial charge in [-0.05, 0) is 16.2 Å². The van der Waals surface area contributed by atoms with E-state index in [2.05, 4.69) is 4.98 Å². The van der Waals surface area contributed by atoms with Gasteiger partial charge in [-0.1, -0.05) is 0 Å². The van der Waals surface area contributed by atoms with E-state index in [-0.39, 0.29) is 5.82 Å². The molecule has 0 fully saturated rings. The molecule has 1 heterocycles. The van der Waals surface area contributed by atoms with E-state index >= 15 is 0 Å². The third-order valence-corrected chi connectivity index (χ3v) is 1.64. The highest BCUT2D eigenvalue weighted by Crippen LogP contribution is 2.07. The van der Waals surface area contributed by atoms with E-state index in [1.165, 1.54) is 12.5 Å². The minimum atomic E-state index is -0.503. The molecular formula is C5H7N3O2S. The van der Waals surface area contributed by atoms with Gasteiger partial charge in [0.25, 0.3) is 0 Å². The van der Waals surface area contributed by atoms with Gasteiger partial charge in [-0.15, -0.1) is 11.8 Å². The fourth-order valence-electron chi connectivity index (χ4n) is 0.662. The number of nitrogens with zero attached hydrogens (tertiary/aromatic N) is 3. The summed E-state index contributed by atoms with van der Waals surface area (Å²) < 4.78 is 1.67. The molecule has 0 radical (unpaired) electrons. The maximum Gasteiger partial charge on any atom is 0.381 e. The lowest BCUT2D eigenvalue weighted by Crippen LogP contribution is -1.89. The first-order valence-electron chi connectivity index (χ1n) is 2.89. The molecule has 0 bridgehead atoms. The van der Waals surface area contributed by atoms with Crippen molar-refractivity contribution in [2.75, 3.05) is 6.26 Å². The van der Waals surface area contributed by atoms with Gasteiger partial charge in [0.05, 0.1) is 5.88 Å². The molecular weight excluding hydrogens is 166 g/mol. The molecule has 6 heteroatoms. The number of hydrogen-bond acceptors (Lipinski definition) is 4. The second-order valence-electron chi connectivity index (χ2n) is 1.92. The van der Waals surface area contributed by atoms with Crippen molar-refractivity contribution >= 4 is 17.6 Å². The maximum absolute atomic E-state index is 10.1. The van der Waals surface area contributed by atoms with Crippen molar-refractivity contribution in [3.8, 4) is 0 Å². The Bertz CT molecular complexity index is 260. The molecule has 11 heavy (non-hydrogen) atoms. The van der Waals surface area contributed by atoms with Crippen LogP contribution in [0.3, 0.4) is 0 Å². The minimum Gasteiger partial charge on any atom is -0.358 e. The summed E-state index contributed by atoms with van der Waals surface area (Å²) in [6, 6.07) is 0. The Balaban J connectivity index is 2.73. The van der Waals surface area contributed by atoms with E-state index in [1.54, 1.807) is 16.3 Å². The largest absolute Gasteiger partial charge is 0.381 e. The van der Waals surface area contributed by atoms with Crippen LogP contribution in [0.1, 0.15) is 0 Å². The van der Waals surface area contributed by atoms with Crippen LogP contribution in [-0.4, -0.2) is 20.7 Å². The van der Waals surface area contributed by atoms with Crippen molar-refractivity contribution in [3.05, 3.63) is 22.6 Å². The zero-order valence-electron chi connectivity index (χ0n) is 5.93. The first-order chi connectivity index (χ1) is 5.24. The molecule has 60 valence electrons. The quantitative estimate of drug-likeness (QED) is 0.507. The summed E-state index contributed by atoms with van der Waals surface area (Å²) >= 11 is 1.58. The average molecular weight is 173 g/mol. The lowest BCUT2D eigenvalue weighted by atomic mass is 10.8. The van der Waals surface area contributed by atoms with Gasteiger partial charge in [0.15, 0.2) is 0 Å². The Morgan fingerprint density at radius 2 is 2.64 bits per heavy atom. The molecule has 0 aliphatic heterocycles. The molecule has 0 atom stereocenters. The fourth-order valence-corrected chi connectivity index (χ4v) is 1.10. The molecule has 1 rings (SSSR count). The molecule has 0 saturated heterocycles. The van der Waals surface area contributed by atoms with Gasteiger partial charge in [-0.3, -0.25) is 0 Å². The number of imidazole rings is 1. The highest BCUT2D eigenvalue weighted by Gasteiger charge is 2.08.